The van der Waals surface area contributed by atoms with Crippen molar-refractivity contribution in [2.45, 2.75) is 4.90 Å². The largest absolute Gasteiger partial charge is 0.477 e. The maximum absolute atomic E-state index is 10.9. The quantitative estimate of drug-likeness (QED) is 0.829. The van der Waals surface area contributed by atoms with Crippen molar-refractivity contribution in [3.8, 4) is 11.3 Å². The Balaban J connectivity index is 2.50. The first-order valence-corrected chi connectivity index (χ1v) is 5.77. The van der Waals surface area contributed by atoms with E-state index in [1.54, 1.807) is 17.8 Å². The number of carboxylic acid groups (broad SMARTS) is 1. The van der Waals surface area contributed by atoms with Crippen LogP contribution in [0, 0.1) is 0 Å². The molecule has 82 valence electrons. The minimum atomic E-state index is -1.04. The zero-order valence-corrected chi connectivity index (χ0v) is 9.32. The van der Waals surface area contributed by atoms with Gasteiger partial charge < -0.3 is 9.63 Å². The average Bonchev–Trinajstić information content (AvgIpc) is 2.78. The highest BCUT2D eigenvalue weighted by molar-refractivity contribution is 7.98. The normalized spacial score (nSPS) is 10.3. The number of aromatic nitrogens is 1. The molecular weight excluding hydrogens is 226 g/mol. The summed E-state index contributed by atoms with van der Waals surface area (Å²) in [6, 6.07) is 7.48. The Bertz CT molecular complexity index is 521. The van der Waals surface area contributed by atoms with Gasteiger partial charge in [-0.05, 0) is 18.4 Å². The van der Waals surface area contributed by atoms with E-state index < -0.39 is 5.97 Å². The van der Waals surface area contributed by atoms with Crippen LogP contribution in [0.5, 0.6) is 0 Å². The van der Waals surface area contributed by atoms with Gasteiger partial charge in [0.25, 0.3) is 0 Å². The summed E-state index contributed by atoms with van der Waals surface area (Å²) in [6.45, 7) is 0. The summed E-state index contributed by atoms with van der Waals surface area (Å²) in [7, 11) is 0. The third-order valence-electron chi connectivity index (χ3n) is 2.13. The van der Waals surface area contributed by atoms with Crippen molar-refractivity contribution in [2.75, 3.05) is 6.26 Å². The van der Waals surface area contributed by atoms with E-state index in [1.807, 2.05) is 24.5 Å². The maximum Gasteiger partial charge on any atom is 0.341 e. The van der Waals surface area contributed by atoms with E-state index >= 15 is 0 Å². The second-order valence-corrected chi connectivity index (χ2v) is 3.99. The van der Waals surface area contributed by atoms with Crippen molar-refractivity contribution in [3.05, 3.63) is 36.0 Å². The Morgan fingerprint density at radius 3 is 3.00 bits per heavy atom. The van der Waals surface area contributed by atoms with E-state index in [4.69, 9.17) is 9.63 Å². The van der Waals surface area contributed by atoms with Gasteiger partial charge in [0.15, 0.2) is 5.76 Å². The molecule has 0 saturated heterocycles. The number of carbonyl (C=O) groups is 1. The van der Waals surface area contributed by atoms with E-state index in [-0.39, 0.29) is 5.56 Å². The van der Waals surface area contributed by atoms with Gasteiger partial charge >= 0.3 is 5.97 Å². The van der Waals surface area contributed by atoms with Crippen LogP contribution < -0.4 is 0 Å². The Morgan fingerprint density at radius 2 is 2.31 bits per heavy atom. The van der Waals surface area contributed by atoms with Gasteiger partial charge in [-0.1, -0.05) is 17.3 Å². The molecule has 0 aliphatic rings. The first-order valence-electron chi connectivity index (χ1n) is 4.55. The highest BCUT2D eigenvalue weighted by Gasteiger charge is 2.16. The minimum Gasteiger partial charge on any atom is -0.477 e. The Labute approximate surface area is 96.3 Å². The second kappa shape index (κ2) is 4.40. The van der Waals surface area contributed by atoms with Gasteiger partial charge in [-0.15, -0.1) is 11.8 Å². The third kappa shape index (κ3) is 1.94. The molecule has 1 heterocycles. The molecule has 1 aromatic heterocycles. The zero-order chi connectivity index (χ0) is 11.5. The molecule has 2 aromatic rings. The average molecular weight is 235 g/mol. The van der Waals surface area contributed by atoms with E-state index in [1.165, 1.54) is 6.20 Å². The fourth-order valence-corrected chi connectivity index (χ4v) is 1.82. The van der Waals surface area contributed by atoms with Crippen LogP contribution in [0.25, 0.3) is 11.3 Å². The minimum absolute atomic E-state index is 0.0817. The molecule has 1 N–H and O–H groups in total. The summed E-state index contributed by atoms with van der Waals surface area (Å²) in [5.41, 5.74) is 0.806. The smallest absolute Gasteiger partial charge is 0.341 e. The molecule has 0 saturated carbocycles. The Kier molecular flexibility index (Phi) is 2.96. The lowest BCUT2D eigenvalue weighted by Gasteiger charge is -2.00. The lowest BCUT2D eigenvalue weighted by atomic mass is 10.1. The number of nitrogens with zero attached hydrogens (tertiary/aromatic N) is 1. The molecule has 0 spiro atoms. The van der Waals surface area contributed by atoms with Crippen LogP contribution in [0.1, 0.15) is 10.4 Å². The van der Waals surface area contributed by atoms with Crippen molar-refractivity contribution >= 4 is 17.7 Å². The summed E-state index contributed by atoms with van der Waals surface area (Å²) in [5.74, 6) is -0.741. The van der Waals surface area contributed by atoms with Crippen molar-refractivity contribution in [1.29, 1.82) is 0 Å². The van der Waals surface area contributed by atoms with Crippen LogP contribution in [-0.4, -0.2) is 22.5 Å². The van der Waals surface area contributed by atoms with Gasteiger partial charge in [0.2, 0.25) is 0 Å². The van der Waals surface area contributed by atoms with Crippen molar-refractivity contribution in [2.24, 2.45) is 0 Å². The monoisotopic (exact) mass is 235 g/mol. The number of rotatable bonds is 3. The van der Waals surface area contributed by atoms with Crippen molar-refractivity contribution < 1.29 is 14.4 Å². The molecule has 0 unspecified atom stereocenters. The summed E-state index contributed by atoms with van der Waals surface area (Å²) in [5, 5.41) is 12.4. The number of carboxylic acids is 1. The standard InChI is InChI=1S/C11H9NO3S/c1-16-8-4-2-3-7(5-8)10-9(11(13)14)6-12-15-10/h2-6H,1H3,(H,13,14). The van der Waals surface area contributed by atoms with Crippen LogP contribution >= 0.6 is 11.8 Å². The van der Waals surface area contributed by atoms with Crippen LogP contribution in [0.2, 0.25) is 0 Å². The predicted molar refractivity (Wildman–Crippen MR) is 60.7 cm³/mol. The SMILES string of the molecule is CSc1cccc(-c2oncc2C(=O)O)c1. The van der Waals surface area contributed by atoms with Gasteiger partial charge in [0.05, 0.1) is 6.20 Å². The Hall–Kier alpha value is -1.75. The highest BCUT2D eigenvalue weighted by atomic mass is 32.2. The molecule has 0 aliphatic carbocycles. The molecule has 0 radical (unpaired) electrons. The summed E-state index contributed by atoms with van der Waals surface area (Å²) < 4.78 is 4.97. The third-order valence-corrected chi connectivity index (χ3v) is 2.86. The highest BCUT2D eigenvalue weighted by Crippen LogP contribution is 2.27. The first kappa shape index (κ1) is 10.8. The van der Waals surface area contributed by atoms with E-state index in [2.05, 4.69) is 5.16 Å². The van der Waals surface area contributed by atoms with Gasteiger partial charge in [-0.3, -0.25) is 0 Å². The first-order chi connectivity index (χ1) is 7.72. The van der Waals surface area contributed by atoms with Crippen LogP contribution in [-0.2, 0) is 0 Å². The van der Waals surface area contributed by atoms with Crippen molar-refractivity contribution in [1.82, 2.24) is 5.16 Å². The topological polar surface area (TPSA) is 63.3 Å². The molecule has 0 atom stereocenters. The number of hydrogen-bond donors (Lipinski definition) is 1. The van der Waals surface area contributed by atoms with Gasteiger partial charge in [-0.2, -0.15) is 0 Å². The van der Waals surface area contributed by atoms with Crippen LogP contribution in [0.15, 0.2) is 39.9 Å². The molecule has 4 nitrogen and oxygen atoms in total. The van der Waals surface area contributed by atoms with E-state index in [9.17, 15) is 4.79 Å². The van der Waals surface area contributed by atoms with Gasteiger partial charge in [0, 0.05) is 10.5 Å². The zero-order valence-electron chi connectivity index (χ0n) is 8.51. The number of aromatic carboxylic acids is 1. The summed E-state index contributed by atoms with van der Waals surface area (Å²) >= 11 is 1.58. The molecule has 2 rings (SSSR count). The number of benzene rings is 1. The van der Waals surface area contributed by atoms with Gasteiger partial charge in [0.1, 0.15) is 5.56 Å². The Morgan fingerprint density at radius 1 is 1.50 bits per heavy atom. The second-order valence-electron chi connectivity index (χ2n) is 3.11. The molecular formula is C11H9NO3S. The van der Waals surface area contributed by atoms with Gasteiger partial charge in [-0.25, -0.2) is 4.79 Å². The molecule has 0 aliphatic heterocycles. The fraction of sp³-hybridized carbons (Fsp3) is 0.0909. The molecule has 1 aromatic carbocycles. The molecule has 0 fully saturated rings. The predicted octanol–water partition coefficient (Wildman–Crippen LogP) is 2.76. The molecule has 0 amide bonds. The van der Waals surface area contributed by atoms with Crippen LogP contribution in [0.3, 0.4) is 0 Å². The van der Waals surface area contributed by atoms with Crippen LogP contribution in [0.4, 0.5) is 0 Å². The maximum atomic E-state index is 10.9. The number of thioether (sulfide) groups is 1. The lowest BCUT2D eigenvalue weighted by Crippen LogP contribution is -1.95. The van der Waals surface area contributed by atoms with Crippen molar-refractivity contribution in [3.63, 3.8) is 0 Å². The summed E-state index contributed by atoms with van der Waals surface area (Å²) in [6.07, 6.45) is 3.17. The molecule has 0 bridgehead atoms. The lowest BCUT2D eigenvalue weighted by molar-refractivity contribution is 0.0697. The van der Waals surface area contributed by atoms with E-state index in [0.717, 1.165) is 10.5 Å². The summed E-state index contributed by atoms with van der Waals surface area (Å²) in [4.78, 5) is 12.0. The number of hydrogen-bond acceptors (Lipinski definition) is 4. The molecule has 5 heteroatoms. The fourth-order valence-electron chi connectivity index (χ4n) is 1.36. The van der Waals surface area contributed by atoms with E-state index in [0.29, 0.717) is 5.76 Å². The molecule has 16 heavy (non-hydrogen) atoms.